The lowest BCUT2D eigenvalue weighted by molar-refractivity contribution is -0.125. The number of carbonyl (C=O) groups excluding carboxylic acids is 1. The zero-order chi connectivity index (χ0) is 13.1. The van der Waals surface area contributed by atoms with Gasteiger partial charge in [0, 0.05) is 10.4 Å². The van der Waals surface area contributed by atoms with E-state index in [9.17, 15) is 9.90 Å². The minimum absolute atomic E-state index is 0.0533. The van der Waals surface area contributed by atoms with Crippen molar-refractivity contribution in [2.45, 2.75) is 26.4 Å². The first-order valence-corrected chi connectivity index (χ1v) is 6.38. The van der Waals surface area contributed by atoms with Gasteiger partial charge in [0.15, 0.2) is 0 Å². The van der Waals surface area contributed by atoms with E-state index in [-0.39, 0.29) is 18.4 Å². The largest absolute Gasteiger partial charge is 0.384 e. The van der Waals surface area contributed by atoms with E-state index in [1.807, 2.05) is 38.1 Å². The number of halogens is 1. The highest BCUT2D eigenvalue weighted by Crippen LogP contribution is 2.21. The first-order valence-electron chi connectivity index (χ1n) is 5.59. The molecule has 0 heterocycles. The lowest BCUT2D eigenvalue weighted by atomic mass is 9.96. The van der Waals surface area contributed by atoms with Gasteiger partial charge in [0.2, 0.25) is 5.91 Å². The van der Waals surface area contributed by atoms with Gasteiger partial charge in [-0.3, -0.25) is 4.79 Å². The molecule has 17 heavy (non-hydrogen) atoms. The minimum atomic E-state index is -1.05. The van der Waals surface area contributed by atoms with E-state index in [2.05, 4.69) is 21.2 Å². The monoisotopic (exact) mass is 299 g/mol. The molecule has 4 heteroatoms. The Labute approximate surface area is 110 Å². The maximum absolute atomic E-state index is 11.4. The van der Waals surface area contributed by atoms with E-state index in [1.54, 1.807) is 6.92 Å². The van der Waals surface area contributed by atoms with Crippen molar-refractivity contribution in [3.8, 4) is 0 Å². The highest BCUT2D eigenvalue weighted by atomic mass is 79.9. The van der Waals surface area contributed by atoms with Crippen LogP contribution in [0.5, 0.6) is 0 Å². The topological polar surface area (TPSA) is 49.3 Å². The molecular formula is C13H18BrNO2. The molecule has 1 unspecified atom stereocenters. The lowest BCUT2D eigenvalue weighted by Crippen LogP contribution is -2.40. The molecule has 3 nitrogen and oxygen atoms in total. The van der Waals surface area contributed by atoms with Gasteiger partial charge in [0.05, 0.1) is 6.54 Å². The lowest BCUT2D eigenvalue weighted by Gasteiger charge is -2.24. The van der Waals surface area contributed by atoms with Gasteiger partial charge in [0.25, 0.3) is 0 Å². The number of hydrogen-bond donors (Lipinski definition) is 2. The van der Waals surface area contributed by atoms with Crippen molar-refractivity contribution < 1.29 is 9.90 Å². The van der Waals surface area contributed by atoms with Crippen molar-refractivity contribution in [2.24, 2.45) is 5.92 Å². The highest BCUT2D eigenvalue weighted by molar-refractivity contribution is 9.10. The Balaban J connectivity index is 2.68. The molecule has 0 saturated heterocycles. The van der Waals surface area contributed by atoms with Crippen LogP contribution in [0.3, 0.4) is 0 Å². The molecule has 0 aromatic heterocycles. The van der Waals surface area contributed by atoms with E-state index >= 15 is 0 Å². The molecule has 0 spiro atoms. The summed E-state index contributed by atoms with van der Waals surface area (Å²) in [5.41, 5.74) is -0.268. The molecule has 0 radical (unpaired) electrons. The van der Waals surface area contributed by atoms with Gasteiger partial charge in [-0.15, -0.1) is 0 Å². The van der Waals surface area contributed by atoms with Gasteiger partial charge in [-0.05, 0) is 24.6 Å². The summed E-state index contributed by atoms with van der Waals surface area (Å²) in [6, 6.07) is 7.42. The Morgan fingerprint density at radius 2 is 1.94 bits per heavy atom. The molecule has 94 valence electrons. The molecule has 1 amide bonds. The molecule has 1 aromatic carbocycles. The molecule has 2 N–H and O–H groups in total. The van der Waals surface area contributed by atoms with Crippen LogP contribution in [0.1, 0.15) is 26.3 Å². The maximum atomic E-state index is 11.4. The average Bonchev–Trinajstić information content (AvgIpc) is 2.26. The van der Waals surface area contributed by atoms with Crippen LogP contribution in [0.15, 0.2) is 28.7 Å². The van der Waals surface area contributed by atoms with Crippen LogP contribution in [-0.2, 0) is 10.4 Å². The van der Waals surface area contributed by atoms with Gasteiger partial charge in [-0.25, -0.2) is 0 Å². The molecule has 0 fully saturated rings. The number of carbonyl (C=O) groups is 1. The van der Waals surface area contributed by atoms with Crippen molar-refractivity contribution in [2.75, 3.05) is 6.54 Å². The Hall–Kier alpha value is -0.870. The molecule has 0 aliphatic heterocycles. The van der Waals surface area contributed by atoms with E-state index in [1.165, 1.54) is 0 Å². The van der Waals surface area contributed by atoms with Crippen LogP contribution in [0.4, 0.5) is 0 Å². The van der Waals surface area contributed by atoms with Crippen LogP contribution in [0.25, 0.3) is 0 Å². The number of amides is 1. The zero-order valence-corrected chi connectivity index (χ0v) is 11.9. The average molecular weight is 300 g/mol. The summed E-state index contributed by atoms with van der Waals surface area (Å²) < 4.78 is 0.961. The molecular weight excluding hydrogens is 282 g/mol. The first-order chi connectivity index (χ1) is 7.83. The number of benzene rings is 1. The Kier molecular flexibility index (Phi) is 4.71. The van der Waals surface area contributed by atoms with Crippen LogP contribution in [0, 0.1) is 5.92 Å². The number of nitrogens with one attached hydrogen (secondary N) is 1. The standard InChI is InChI=1S/C13H18BrNO2/c1-9(2)12(16)15-8-13(3,17)10-4-6-11(14)7-5-10/h4-7,9,17H,8H2,1-3H3,(H,15,16). The Bertz CT molecular complexity index is 385. The summed E-state index contributed by atoms with van der Waals surface area (Å²) in [6.45, 7) is 5.55. The number of aliphatic hydroxyl groups is 1. The van der Waals surface area contributed by atoms with Crippen molar-refractivity contribution in [3.05, 3.63) is 34.3 Å². The van der Waals surface area contributed by atoms with Crippen molar-refractivity contribution in [3.63, 3.8) is 0 Å². The molecule has 1 aromatic rings. The quantitative estimate of drug-likeness (QED) is 0.897. The van der Waals surface area contributed by atoms with Gasteiger partial charge >= 0.3 is 0 Å². The van der Waals surface area contributed by atoms with Crippen LogP contribution in [0.2, 0.25) is 0 Å². The second kappa shape index (κ2) is 5.65. The zero-order valence-electron chi connectivity index (χ0n) is 10.3. The smallest absolute Gasteiger partial charge is 0.222 e. The Morgan fingerprint density at radius 1 is 1.41 bits per heavy atom. The number of hydrogen-bond acceptors (Lipinski definition) is 2. The second-order valence-corrected chi connectivity index (χ2v) is 5.57. The van der Waals surface area contributed by atoms with E-state index in [0.29, 0.717) is 0 Å². The molecule has 0 aliphatic carbocycles. The van der Waals surface area contributed by atoms with Crippen LogP contribution >= 0.6 is 15.9 Å². The van der Waals surface area contributed by atoms with Gasteiger partial charge in [-0.2, -0.15) is 0 Å². The molecule has 0 bridgehead atoms. The van der Waals surface area contributed by atoms with Gasteiger partial charge in [-0.1, -0.05) is 41.9 Å². The third kappa shape index (κ3) is 4.13. The van der Waals surface area contributed by atoms with Gasteiger partial charge in [0.1, 0.15) is 5.60 Å². The fraction of sp³-hybridized carbons (Fsp3) is 0.462. The van der Waals surface area contributed by atoms with Crippen LogP contribution < -0.4 is 5.32 Å². The first kappa shape index (κ1) is 14.2. The summed E-state index contributed by atoms with van der Waals surface area (Å²) in [6.07, 6.45) is 0. The summed E-state index contributed by atoms with van der Waals surface area (Å²) in [4.78, 5) is 11.4. The molecule has 0 aliphatic rings. The van der Waals surface area contributed by atoms with Crippen molar-refractivity contribution in [1.82, 2.24) is 5.32 Å². The van der Waals surface area contributed by atoms with Crippen LogP contribution in [-0.4, -0.2) is 17.6 Å². The molecule has 0 saturated carbocycles. The van der Waals surface area contributed by atoms with Crippen molar-refractivity contribution in [1.29, 1.82) is 0 Å². The van der Waals surface area contributed by atoms with E-state index in [4.69, 9.17) is 0 Å². The summed E-state index contributed by atoms with van der Waals surface area (Å²) in [5.74, 6) is -0.127. The fourth-order valence-electron chi connectivity index (χ4n) is 1.37. The van der Waals surface area contributed by atoms with E-state index in [0.717, 1.165) is 10.0 Å². The summed E-state index contributed by atoms with van der Waals surface area (Å²) in [5, 5.41) is 13.0. The highest BCUT2D eigenvalue weighted by Gasteiger charge is 2.24. The van der Waals surface area contributed by atoms with Gasteiger partial charge < -0.3 is 10.4 Å². The summed E-state index contributed by atoms with van der Waals surface area (Å²) >= 11 is 3.34. The summed E-state index contributed by atoms with van der Waals surface area (Å²) in [7, 11) is 0. The number of rotatable bonds is 4. The van der Waals surface area contributed by atoms with Crippen molar-refractivity contribution >= 4 is 21.8 Å². The molecule has 1 atom stereocenters. The van der Waals surface area contributed by atoms with E-state index < -0.39 is 5.60 Å². The third-order valence-electron chi connectivity index (χ3n) is 2.60. The second-order valence-electron chi connectivity index (χ2n) is 4.65. The minimum Gasteiger partial charge on any atom is -0.384 e. The predicted molar refractivity (Wildman–Crippen MR) is 71.6 cm³/mol. The third-order valence-corrected chi connectivity index (χ3v) is 3.13. The SMILES string of the molecule is CC(C)C(=O)NCC(C)(O)c1ccc(Br)cc1. The maximum Gasteiger partial charge on any atom is 0.222 e. The fourth-order valence-corrected chi connectivity index (χ4v) is 1.64. The molecule has 1 rings (SSSR count). The Morgan fingerprint density at radius 3 is 2.41 bits per heavy atom. The predicted octanol–water partition coefficient (Wildman–Crippen LogP) is 2.43. The normalized spacial score (nSPS) is 14.5.